The summed E-state index contributed by atoms with van der Waals surface area (Å²) < 4.78 is 2.51. The summed E-state index contributed by atoms with van der Waals surface area (Å²) in [4.78, 5) is 4.18. The third-order valence-corrected chi connectivity index (χ3v) is 2.43. The first-order chi connectivity index (χ1) is 6.66. The molecule has 5 heteroatoms. The number of rotatable bonds is 1. The summed E-state index contributed by atoms with van der Waals surface area (Å²) in [7, 11) is 0. The number of aromatic nitrogens is 3. The highest BCUT2D eigenvalue weighted by Gasteiger charge is 2.05. The van der Waals surface area contributed by atoms with Crippen molar-refractivity contribution < 1.29 is 0 Å². The fraction of sp³-hybridized carbons (Fsp3) is 0.111. The van der Waals surface area contributed by atoms with E-state index in [1.165, 1.54) is 0 Å². The van der Waals surface area contributed by atoms with E-state index in [0.717, 1.165) is 10.0 Å². The van der Waals surface area contributed by atoms with Gasteiger partial charge in [-0.25, -0.2) is 9.67 Å². The van der Waals surface area contributed by atoms with Gasteiger partial charge in [-0.2, -0.15) is 5.10 Å². The first kappa shape index (κ1) is 9.68. The van der Waals surface area contributed by atoms with Crippen LogP contribution >= 0.6 is 27.5 Å². The predicted molar refractivity (Wildman–Crippen MR) is 58.8 cm³/mol. The fourth-order valence-corrected chi connectivity index (χ4v) is 1.82. The maximum absolute atomic E-state index is 6.02. The average molecular weight is 273 g/mol. The van der Waals surface area contributed by atoms with Crippen LogP contribution < -0.4 is 0 Å². The number of halogens is 2. The van der Waals surface area contributed by atoms with Gasteiger partial charge in [0.1, 0.15) is 0 Å². The van der Waals surface area contributed by atoms with Gasteiger partial charge in [-0.1, -0.05) is 11.6 Å². The van der Waals surface area contributed by atoms with Gasteiger partial charge in [-0.15, -0.1) is 0 Å². The summed E-state index contributed by atoms with van der Waals surface area (Å²) in [5.74, 6) is 0.642. The number of aryl methyl sites for hydroxylation is 1. The van der Waals surface area contributed by atoms with Crippen molar-refractivity contribution in [2.24, 2.45) is 0 Å². The molecule has 2 aromatic rings. The van der Waals surface area contributed by atoms with E-state index in [1.54, 1.807) is 23.1 Å². The zero-order valence-corrected chi connectivity index (χ0v) is 9.75. The van der Waals surface area contributed by atoms with Crippen molar-refractivity contribution in [1.29, 1.82) is 0 Å². The first-order valence-electron chi connectivity index (χ1n) is 3.99. The average Bonchev–Trinajstić information content (AvgIpc) is 2.51. The van der Waals surface area contributed by atoms with Crippen LogP contribution in [0.4, 0.5) is 0 Å². The van der Waals surface area contributed by atoms with Crippen molar-refractivity contribution in [2.45, 2.75) is 6.92 Å². The number of hydrogen-bond donors (Lipinski definition) is 0. The molecule has 0 saturated carbocycles. The fourth-order valence-electron chi connectivity index (χ4n) is 1.10. The van der Waals surface area contributed by atoms with Crippen LogP contribution in [0.15, 0.2) is 29.1 Å². The van der Waals surface area contributed by atoms with Crippen molar-refractivity contribution in [2.75, 3.05) is 0 Å². The predicted octanol–water partition coefficient (Wildman–Crippen LogP) is 2.99. The summed E-state index contributed by atoms with van der Waals surface area (Å²) in [6.45, 7) is 1.97. The quantitative estimate of drug-likeness (QED) is 0.799. The maximum Gasteiger partial charge on any atom is 0.172 e. The molecule has 0 unspecified atom stereocenters. The van der Waals surface area contributed by atoms with Crippen molar-refractivity contribution in [3.8, 4) is 5.82 Å². The molecule has 2 rings (SSSR count). The molecule has 0 saturated heterocycles. The van der Waals surface area contributed by atoms with Gasteiger partial charge in [-0.05, 0) is 34.5 Å². The van der Waals surface area contributed by atoms with Crippen LogP contribution in [0.1, 0.15) is 5.56 Å². The van der Waals surface area contributed by atoms with Gasteiger partial charge < -0.3 is 0 Å². The van der Waals surface area contributed by atoms with Gasteiger partial charge in [0, 0.05) is 16.9 Å². The van der Waals surface area contributed by atoms with E-state index in [-0.39, 0.29) is 0 Å². The standard InChI is InChI=1S/C9H7BrClN3/c1-6-3-13-14(5-6)9-8(11)2-7(10)4-12-9/h2-5H,1H3. The summed E-state index contributed by atoms with van der Waals surface area (Å²) in [6, 6.07) is 1.79. The Hall–Kier alpha value is -0.870. The van der Waals surface area contributed by atoms with Crippen LogP contribution in [0, 0.1) is 6.92 Å². The number of pyridine rings is 1. The zero-order valence-electron chi connectivity index (χ0n) is 7.41. The Morgan fingerprint density at radius 1 is 1.43 bits per heavy atom. The molecule has 0 aliphatic heterocycles. The Morgan fingerprint density at radius 3 is 2.79 bits per heavy atom. The maximum atomic E-state index is 6.02. The normalized spacial score (nSPS) is 10.5. The minimum absolute atomic E-state index is 0.572. The summed E-state index contributed by atoms with van der Waals surface area (Å²) in [5.41, 5.74) is 1.07. The summed E-state index contributed by atoms with van der Waals surface area (Å²) in [5, 5.41) is 4.70. The van der Waals surface area contributed by atoms with Gasteiger partial charge in [-0.3, -0.25) is 0 Å². The van der Waals surface area contributed by atoms with Crippen LogP contribution in [0.3, 0.4) is 0 Å². The Morgan fingerprint density at radius 2 is 2.21 bits per heavy atom. The molecule has 0 radical (unpaired) electrons. The van der Waals surface area contributed by atoms with Gasteiger partial charge >= 0.3 is 0 Å². The Kier molecular flexibility index (Phi) is 2.56. The second kappa shape index (κ2) is 3.71. The Balaban J connectivity index is 2.52. The molecule has 3 nitrogen and oxygen atoms in total. The molecule has 0 N–H and O–H groups in total. The summed E-state index contributed by atoms with van der Waals surface area (Å²) in [6.07, 6.45) is 5.33. The number of nitrogens with zero attached hydrogens (tertiary/aromatic N) is 3. The smallest absolute Gasteiger partial charge is 0.172 e. The lowest BCUT2D eigenvalue weighted by Crippen LogP contribution is -1.98. The lowest BCUT2D eigenvalue weighted by molar-refractivity contribution is 0.846. The van der Waals surface area contributed by atoms with E-state index >= 15 is 0 Å². The van der Waals surface area contributed by atoms with Crippen LogP contribution in [0.5, 0.6) is 0 Å². The van der Waals surface area contributed by atoms with Gasteiger partial charge in [0.15, 0.2) is 5.82 Å². The topological polar surface area (TPSA) is 30.7 Å². The summed E-state index contributed by atoms with van der Waals surface area (Å²) >= 11 is 9.32. The Labute approximate surface area is 94.9 Å². The zero-order chi connectivity index (χ0) is 10.1. The molecular formula is C9H7BrClN3. The first-order valence-corrected chi connectivity index (χ1v) is 5.16. The van der Waals surface area contributed by atoms with E-state index in [1.807, 2.05) is 13.1 Å². The molecule has 2 aromatic heterocycles. The highest BCUT2D eigenvalue weighted by Crippen LogP contribution is 2.21. The SMILES string of the molecule is Cc1cnn(-c2ncc(Br)cc2Cl)c1. The van der Waals surface area contributed by atoms with E-state index in [2.05, 4.69) is 26.0 Å². The largest absolute Gasteiger partial charge is 0.235 e. The van der Waals surface area contributed by atoms with Crippen LogP contribution in [-0.4, -0.2) is 14.8 Å². The molecule has 0 bridgehead atoms. The molecule has 0 atom stereocenters. The van der Waals surface area contributed by atoms with Crippen LogP contribution in [0.2, 0.25) is 5.02 Å². The minimum Gasteiger partial charge on any atom is -0.235 e. The Bertz CT molecular complexity index is 467. The molecule has 2 heterocycles. The van der Waals surface area contributed by atoms with E-state index in [4.69, 9.17) is 11.6 Å². The van der Waals surface area contributed by atoms with Crippen molar-refractivity contribution in [1.82, 2.24) is 14.8 Å². The lowest BCUT2D eigenvalue weighted by atomic mass is 10.4. The van der Waals surface area contributed by atoms with E-state index < -0.39 is 0 Å². The molecule has 0 fully saturated rings. The number of hydrogen-bond acceptors (Lipinski definition) is 2. The van der Waals surface area contributed by atoms with Crippen molar-refractivity contribution in [3.05, 3.63) is 39.7 Å². The second-order valence-electron chi connectivity index (χ2n) is 2.92. The lowest BCUT2D eigenvalue weighted by Gasteiger charge is -2.02. The highest BCUT2D eigenvalue weighted by molar-refractivity contribution is 9.10. The van der Waals surface area contributed by atoms with E-state index in [0.29, 0.717) is 10.8 Å². The van der Waals surface area contributed by atoms with Crippen LogP contribution in [0.25, 0.3) is 5.82 Å². The molecule has 0 spiro atoms. The molecule has 14 heavy (non-hydrogen) atoms. The third-order valence-electron chi connectivity index (χ3n) is 1.72. The minimum atomic E-state index is 0.572. The third kappa shape index (κ3) is 1.81. The monoisotopic (exact) mass is 271 g/mol. The molecule has 0 amide bonds. The highest BCUT2D eigenvalue weighted by atomic mass is 79.9. The molecular weight excluding hydrogens is 265 g/mol. The van der Waals surface area contributed by atoms with Gasteiger partial charge in [0.05, 0.1) is 11.2 Å². The van der Waals surface area contributed by atoms with Gasteiger partial charge in [0.2, 0.25) is 0 Å². The van der Waals surface area contributed by atoms with Crippen molar-refractivity contribution >= 4 is 27.5 Å². The molecule has 72 valence electrons. The van der Waals surface area contributed by atoms with Crippen molar-refractivity contribution in [3.63, 3.8) is 0 Å². The second-order valence-corrected chi connectivity index (χ2v) is 4.24. The van der Waals surface area contributed by atoms with Gasteiger partial charge in [0.25, 0.3) is 0 Å². The molecule has 0 aliphatic rings. The molecule has 0 aliphatic carbocycles. The van der Waals surface area contributed by atoms with E-state index in [9.17, 15) is 0 Å². The molecule has 0 aromatic carbocycles. The van der Waals surface area contributed by atoms with Crippen LogP contribution in [-0.2, 0) is 0 Å².